The fraction of sp³-hybridized carbons (Fsp3) is 0.600. The van der Waals surface area contributed by atoms with Crippen molar-refractivity contribution >= 4 is 23.2 Å². The molecular formula is C15H19Cl2N. The van der Waals surface area contributed by atoms with Gasteiger partial charge < -0.3 is 4.90 Å². The van der Waals surface area contributed by atoms with Gasteiger partial charge in [-0.05, 0) is 43.5 Å². The van der Waals surface area contributed by atoms with Crippen molar-refractivity contribution in [2.24, 2.45) is 5.92 Å². The smallest absolute Gasteiger partial charge is 0.0459 e. The van der Waals surface area contributed by atoms with Gasteiger partial charge in [0.05, 0.1) is 0 Å². The molecule has 0 radical (unpaired) electrons. The molecule has 3 heteroatoms. The summed E-state index contributed by atoms with van der Waals surface area (Å²) >= 11 is 12.5. The molecule has 0 amide bonds. The lowest BCUT2D eigenvalue weighted by Crippen LogP contribution is -2.38. The quantitative estimate of drug-likeness (QED) is 0.740. The maximum atomic E-state index is 6.47. The number of likely N-dealkylation sites (N-methyl/N-ethyl adjacent to an activating group) is 1. The van der Waals surface area contributed by atoms with E-state index in [0.717, 1.165) is 22.5 Å². The highest BCUT2D eigenvalue weighted by Gasteiger charge is 2.48. The number of hydrogen-bond donors (Lipinski definition) is 0. The number of likely N-dealkylation sites (tertiary alicyclic amines) is 1. The third-order valence-electron chi connectivity index (χ3n) is 4.76. The molecule has 2 aliphatic rings. The average Bonchev–Trinajstić information content (AvgIpc) is 2.65. The second-order valence-corrected chi connectivity index (χ2v) is 6.76. The Kier molecular flexibility index (Phi) is 3.34. The van der Waals surface area contributed by atoms with E-state index in [0.29, 0.717) is 0 Å². The van der Waals surface area contributed by atoms with Crippen molar-refractivity contribution in [2.45, 2.75) is 31.1 Å². The molecule has 1 aromatic carbocycles. The van der Waals surface area contributed by atoms with Crippen LogP contribution in [0.4, 0.5) is 0 Å². The Bertz CT molecular complexity index is 460. The molecule has 1 nitrogen and oxygen atoms in total. The van der Waals surface area contributed by atoms with Crippen molar-refractivity contribution in [3.8, 4) is 0 Å². The number of fused-ring (bicyclic) bond motifs is 1. The van der Waals surface area contributed by atoms with Gasteiger partial charge in [-0.1, -0.05) is 42.1 Å². The first kappa shape index (κ1) is 12.8. The first-order chi connectivity index (χ1) is 8.62. The Labute approximate surface area is 119 Å². The molecule has 1 aliphatic carbocycles. The first-order valence-corrected chi connectivity index (χ1v) is 7.51. The highest BCUT2D eigenvalue weighted by Crippen LogP contribution is 2.50. The molecule has 0 aromatic heterocycles. The Balaban J connectivity index is 2.06. The first-order valence-electron chi connectivity index (χ1n) is 6.76. The summed E-state index contributed by atoms with van der Waals surface area (Å²) in [6.45, 7) is 2.35. The van der Waals surface area contributed by atoms with Crippen molar-refractivity contribution in [1.82, 2.24) is 4.90 Å². The summed E-state index contributed by atoms with van der Waals surface area (Å²) in [6, 6.07) is 6.04. The lowest BCUT2D eigenvalue weighted by atomic mass is 9.64. The molecule has 1 aromatic rings. The largest absolute Gasteiger partial charge is 0.305 e. The zero-order valence-corrected chi connectivity index (χ0v) is 12.3. The second kappa shape index (κ2) is 4.70. The minimum absolute atomic E-state index is 0.272. The SMILES string of the molecule is CN1C[C@@H]2CCCC[C@]2(c2ccc(Cl)cc2Cl)C1. The van der Waals surface area contributed by atoms with Crippen LogP contribution in [-0.2, 0) is 5.41 Å². The van der Waals surface area contributed by atoms with Crippen LogP contribution in [0.3, 0.4) is 0 Å². The zero-order valence-electron chi connectivity index (χ0n) is 10.8. The zero-order chi connectivity index (χ0) is 12.8. The highest BCUT2D eigenvalue weighted by molar-refractivity contribution is 6.35. The number of nitrogens with zero attached hydrogens (tertiary/aromatic N) is 1. The summed E-state index contributed by atoms with van der Waals surface area (Å²) in [5, 5.41) is 1.59. The van der Waals surface area contributed by atoms with Crippen LogP contribution in [0.1, 0.15) is 31.2 Å². The molecule has 98 valence electrons. The Morgan fingerprint density at radius 2 is 2.11 bits per heavy atom. The molecular weight excluding hydrogens is 265 g/mol. The van der Waals surface area contributed by atoms with E-state index in [-0.39, 0.29) is 5.41 Å². The van der Waals surface area contributed by atoms with Gasteiger partial charge in [-0.25, -0.2) is 0 Å². The molecule has 0 spiro atoms. The summed E-state index contributed by atoms with van der Waals surface area (Å²) in [5.41, 5.74) is 1.59. The average molecular weight is 284 g/mol. The second-order valence-electron chi connectivity index (χ2n) is 5.92. The van der Waals surface area contributed by atoms with Gasteiger partial charge in [0, 0.05) is 28.5 Å². The van der Waals surface area contributed by atoms with Crippen LogP contribution in [0.25, 0.3) is 0 Å². The molecule has 1 aliphatic heterocycles. The van der Waals surface area contributed by atoms with Gasteiger partial charge in [0.2, 0.25) is 0 Å². The maximum absolute atomic E-state index is 6.47. The van der Waals surface area contributed by atoms with Crippen LogP contribution >= 0.6 is 23.2 Å². The molecule has 1 heterocycles. The molecule has 0 unspecified atom stereocenters. The normalized spacial score (nSPS) is 32.5. The van der Waals surface area contributed by atoms with E-state index in [4.69, 9.17) is 23.2 Å². The van der Waals surface area contributed by atoms with E-state index in [1.807, 2.05) is 12.1 Å². The van der Waals surface area contributed by atoms with Crippen LogP contribution < -0.4 is 0 Å². The van der Waals surface area contributed by atoms with Gasteiger partial charge in [0.1, 0.15) is 0 Å². The van der Waals surface area contributed by atoms with Crippen molar-refractivity contribution in [3.05, 3.63) is 33.8 Å². The lowest BCUT2D eigenvalue weighted by molar-refractivity contribution is 0.242. The topological polar surface area (TPSA) is 3.24 Å². The monoisotopic (exact) mass is 283 g/mol. The Morgan fingerprint density at radius 3 is 2.89 bits per heavy atom. The molecule has 2 fully saturated rings. The van der Waals surface area contributed by atoms with Crippen LogP contribution in [0.15, 0.2) is 18.2 Å². The van der Waals surface area contributed by atoms with Crippen LogP contribution in [0.5, 0.6) is 0 Å². The summed E-state index contributed by atoms with van der Waals surface area (Å²) in [4.78, 5) is 2.46. The summed E-state index contributed by atoms with van der Waals surface area (Å²) in [6.07, 6.45) is 5.29. The van der Waals surface area contributed by atoms with E-state index in [1.54, 1.807) is 0 Å². The predicted octanol–water partition coefficient (Wildman–Crippen LogP) is 4.37. The lowest BCUT2D eigenvalue weighted by Gasteiger charge is -2.40. The van der Waals surface area contributed by atoms with Gasteiger partial charge in [-0.3, -0.25) is 0 Å². The van der Waals surface area contributed by atoms with Crippen LogP contribution in [-0.4, -0.2) is 25.0 Å². The number of benzene rings is 1. The summed E-state index contributed by atoms with van der Waals surface area (Å²) in [5.74, 6) is 0.759. The molecule has 1 saturated heterocycles. The fourth-order valence-electron chi connectivity index (χ4n) is 4.04. The maximum Gasteiger partial charge on any atom is 0.0459 e. The third kappa shape index (κ3) is 1.97. The van der Waals surface area contributed by atoms with Crippen LogP contribution in [0, 0.1) is 5.92 Å². The summed E-state index contributed by atoms with van der Waals surface area (Å²) < 4.78 is 0. The van der Waals surface area contributed by atoms with Gasteiger partial charge >= 0.3 is 0 Å². The Morgan fingerprint density at radius 1 is 1.28 bits per heavy atom. The van der Waals surface area contributed by atoms with Gasteiger partial charge in [-0.15, -0.1) is 0 Å². The van der Waals surface area contributed by atoms with E-state index in [1.165, 1.54) is 37.8 Å². The standard InChI is InChI=1S/C15H19Cl2N/c1-18-9-11-4-2-3-7-15(11,10-18)13-6-5-12(16)8-14(13)17/h5-6,8,11H,2-4,7,9-10H2,1H3/t11-,15-/m0/s1. The van der Waals surface area contributed by atoms with E-state index < -0.39 is 0 Å². The van der Waals surface area contributed by atoms with Crippen molar-refractivity contribution in [2.75, 3.05) is 20.1 Å². The van der Waals surface area contributed by atoms with E-state index in [9.17, 15) is 0 Å². The number of halogens is 2. The van der Waals surface area contributed by atoms with Gasteiger partial charge in [-0.2, -0.15) is 0 Å². The van der Waals surface area contributed by atoms with Crippen molar-refractivity contribution in [1.29, 1.82) is 0 Å². The number of rotatable bonds is 1. The molecule has 2 atom stereocenters. The van der Waals surface area contributed by atoms with Gasteiger partial charge in [0.25, 0.3) is 0 Å². The van der Waals surface area contributed by atoms with Crippen LogP contribution in [0.2, 0.25) is 10.0 Å². The predicted molar refractivity (Wildman–Crippen MR) is 77.6 cm³/mol. The minimum Gasteiger partial charge on any atom is -0.305 e. The minimum atomic E-state index is 0.272. The molecule has 3 rings (SSSR count). The molecule has 18 heavy (non-hydrogen) atoms. The molecule has 1 saturated carbocycles. The highest BCUT2D eigenvalue weighted by atomic mass is 35.5. The van der Waals surface area contributed by atoms with Crippen molar-refractivity contribution < 1.29 is 0 Å². The summed E-state index contributed by atoms with van der Waals surface area (Å²) in [7, 11) is 2.23. The third-order valence-corrected chi connectivity index (χ3v) is 5.31. The number of hydrogen-bond acceptors (Lipinski definition) is 1. The molecule has 0 bridgehead atoms. The fourth-order valence-corrected chi connectivity index (χ4v) is 4.64. The van der Waals surface area contributed by atoms with Gasteiger partial charge in [0.15, 0.2) is 0 Å². The van der Waals surface area contributed by atoms with Crippen molar-refractivity contribution in [3.63, 3.8) is 0 Å². The Hall–Kier alpha value is -0.240. The van der Waals surface area contributed by atoms with E-state index >= 15 is 0 Å². The molecule has 0 N–H and O–H groups in total. The van der Waals surface area contributed by atoms with E-state index in [2.05, 4.69) is 18.0 Å².